The SMILES string of the molecule is CC(NCCCOc1ccccc1)c1ccc(Br)cc1Br. The molecule has 0 bridgehead atoms. The second kappa shape index (κ2) is 8.57. The van der Waals surface area contributed by atoms with E-state index in [1.807, 2.05) is 30.3 Å². The lowest BCUT2D eigenvalue weighted by Gasteiger charge is -2.16. The molecule has 0 saturated carbocycles. The first-order chi connectivity index (χ1) is 10.2. The molecular formula is C17H19Br2NO. The van der Waals surface area contributed by atoms with Gasteiger partial charge in [0.25, 0.3) is 0 Å². The first kappa shape index (κ1) is 16.5. The van der Waals surface area contributed by atoms with E-state index in [4.69, 9.17) is 4.74 Å². The number of hydrogen-bond acceptors (Lipinski definition) is 2. The van der Waals surface area contributed by atoms with Crippen molar-refractivity contribution in [3.05, 3.63) is 63.0 Å². The molecule has 2 rings (SSSR count). The standard InChI is InChI=1S/C17H19Br2NO/c1-13(16-9-8-14(18)12-17(16)19)20-10-5-11-21-15-6-3-2-4-7-15/h2-4,6-9,12-13,20H,5,10-11H2,1H3. The molecule has 0 saturated heterocycles. The highest BCUT2D eigenvalue weighted by Gasteiger charge is 2.08. The molecule has 1 N–H and O–H groups in total. The molecule has 0 amide bonds. The minimum atomic E-state index is 0.309. The van der Waals surface area contributed by atoms with Gasteiger partial charge in [0, 0.05) is 15.0 Å². The van der Waals surface area contributed by atoms with E-state index in [2.05, 4.69) is 62.3 Å². The Morgan fingerprint density at radius 2 is 1.86 bits per heavy atom. The summed E-state index contributed by atoms with van der Waals surface area (Å²) in [7, 11) is 0. The molecule has 2 aromatic rings. The van der Waals surface area contributed by atoms with Crippen LogP contribution in [0.15, 0.2) is 57.5 Å². The summed E-state index contributed by atoms with van der Waals surface area (Å²) in [6, 6.07) is 16.5. The molecule has 1 atom stereocenters. The van der Waals surface area contributed by atoms with Gasteiger partial charge in [0.2, 0.25) is 0 Å². The Morgan fingerprint density at radius 3 is 2.57 bits per heavy atom. The average Bonchev–Trinajstić information content (AvgIpc) is 2.47. The molecule has 21 heavy (non-hydrogen) atoms. The van der Waals surface area contributed by atoms with E-state index in [0.29, 0.717) is 6.04 Å². The molecule has 0 spiro atoms. The van der Waals surface area contributed by atoms with E-state index in [0.717, 1.165) is 34.3 Å². The van der Waals surface area contributed by atoms with Gasteiger partial charge in [0.1, 0.15) is 5.75 Å². The van der Waals surface area contributed by atoms with Crippen LogP contribution in [0.2, 0.25) is 0 Å². The first-order valence-corrected chi connectivity index (χ1v) is 8.61. The average molecular weight is 413 g/mol. The van der Waals surface area contributed by atoms with E-state index in [-0.39, 0.29) is 0 Å². The summed E-state index contributed by atoms with van der Waals surface area (Å²) in [5.41, 5.74) is 1.27. The van der Waals surface area contributed by atoms with Gasteiger partial charge in [-0.2, -0.15) is 0 Å². The van der Waals surface area contributed by atoms with Crippen molar-refractivity contribution < 1.29 is 4.74 Å². The van der Waals surface area contributed by atoms with Gasteiger partial charge < -0.3 is 10.1 Å². The van der Waals surface area contributed by atoms with Gasteiger partial charge in [0.05, 0.1) is 6.61 Å². The topological polar surface area (TPSA) is 21.3 Å². The number of benzene rings is 2. The van der Waals surface area contributed by atoms with Crippen molar-refractivity contribution in [1.29, 1.82) is 0 Å². The zero-order valence-corrected chi connectivity index (χ0v) is 15.2. The number of halogens is 2. The second-order valence-electron chi connectivity index (χ2n) is 4.86. The summed E-state index contributed by atoms with van der Waals surface area (Å²) < 4.78 is 7.88. The third-order valence-corrected chi connectivity index (χ3v) is 4.39. The smallest absolute Gasteiger partial charge is 0.119 e. The normalized spacial score (nSPS) is 12.1. The van der Waals surface area contributed by atoms with Crippen LogP contribution in [0.3, 0.4) is 0 Å². The lowest BCUT2D eigenvalue weighted by Crippen LogP contribution is -2.21. The predicted octanol–water partition coefficient (Wildman–Crippen LogP) is 5.33. The molecule has 0 aromatic heterocycles. The van der Waals surface area contributed by atoms with E-state index < -0.39 is 0 Å². The molecule has 0 heterocycles. The Morgan fingerprint density at radius 1 is 1.10 bits per heavy atom. The van der Waals surface area contributed by atoms with Crippen LogP contribution in [0.25, 0.3) is 0 Å². The van der Waals surface area contributed by atoms with Crippen LogP contribution in [0, 0.1) is 0 Å². The van der Waals surface area contributed by atoms with Crippen molar-refractivity contribution in [3.8, 4) is 5.75 Å². The lowest BCUT2D eigenvalue weighted by atomic mass is 10.1. The maximum Gasteiger partial charge on any atom is 0.119 e. The van der Waals surface area contributed by atoms with Crippen LogP contribution < -0.4 is 10.1 Å². The highest BCUT2D eigenvalue weighted by atomic mass is 79.9. The van der Waals surface area contributed by atoms with Crippen molar-refractivity contribution in [2.45, 2.75) is 19.4 Å². The van der Waals surface area contributed by atoms with Crippen molar-refractivity contribution in [2.24, 2.45) is 0 Å². The Balaban J connectivity index is 1.71. The van der Waals surface area contributed by atoms with Gasteiger partial charge in [-0.15, -0.1) is 0 Å². The van der Waals surface area contributed by atoms with Gasteiger partial charge in [-0.05, 0) is 49.7 Å². The van der Waals surface area contributed by atoms with E-state index in [1.165, 1.54) is 5.56 Å². The Bertz CT molecular complexity index is 560. The fraction of sp³-hybridized carbons (Fsp3) is 0.294. The maximum absolute atomic E-state index is 5.68. The largest absolute Gasteiger partial charge is 0.494 e. The Hall–Kier alpha value is -0.840. The van der Waals surface area contributed by atoms with Crippen molar-refractivity contribution in [2.75, 3.05) is 13.2 Å². The van der Waals surface area contributed by atoms with Gasteiger partial charge in [-0.25, -0.2) is 0 Å². The molecule has 2 nitrogen and oxygen atoms in total. The molecule has 0 fully saturated rings. The molecule has 0 aliphatic carbocycles. The summed E-state index contributed by atoms with van der Waals surface area (Å²) in [6.07, 6.45) is 0.980. The van der Waals surface area contributed by atoms with Gasteiger partial charge in [-0.3, -0.25) is 0 Å². The van der Waals surface area contributed by atoms with Crippen LogP contribution in [-0.4, -0.2) is 13.2 Å². The molecule has 2 aromatic carbocycles. The molecule has 1 unspecified atom stereocenters. The minimum absolute atomic E-state index is 0.309. The van der Waals surface area contributed by atoms with Gasteiger partial charge in [0.15, 0.2) is 0 Å². The summed E-state index contributed by atoms with van der Waals surface area (Å²) >= 11 is 7.08. The zero-order valence-electron chi connectivity index (χ0n) is 12.0. The third kappa shape index (κ3) is 5.46. The number of hydrogen-bond donors (Lipinski definition) is 1. The summed E-state index contributed by atoms with van der Waals surface area (Å²) in [6.45, 7) is 3.83. The number of rotatable bonds is 7. The van der Waals surface area contributed by atoms with E-state index >= 15 is 0 Å². The molecule has 0 radical (unpaired) electrons. The Labute approximate surface area is 143 Å². The maximum atomic E-state index is 5.68. The Kier molecular flexibility index (Phi) is 6.74. The molecule has 0 aliphatic rings. The van der Waals surface area contributed by atoms with Crippen LogP contribution in [-0.2, 0) is 0 Å². The minimum Gasteiger partial charge on any atom is -0.494 e. The quantitative estimate of drug-likeness (QED) is 0.620. The highest BCUT2D eigenvalue weighted by Crippen LogP contribution is 2.26. The van der Waals surface area contributed by atoms with Crippen molar-refractivity contribution >= 4 is 31.9 Å². The van der Waals surface area contributed by atoms with Crippen molar-refractivity contribution in [1.82, 2.24) is 5.32 Å². The highest BCUT2D eigenvalue weighted by molar-refractivity contribution is 9.11. The molecule has 112 valence electrons. The monoisotopic (exact) mass is 411 g/mol. The zero-order chi connectivity index (χ0) is 15.1. The lowest BCUT2D eigenvalue weighted by molar-refractivity contribution is 0.305. The van der Waals surface area contributed by atoms with E-state index in [9.17, 15) is 0 Å². The molecular weight excluding hydrogens is 394 g/mol. The fourth-order valence-electron chi connectivity index (χ4n) is 2.06. The van der Waals surface area contributed by atoms with Gasteiger partial charge >= 0.3 is 0 Å². The van der Waals surface area contributed by atoms with Crippen LogP contribution in [0.1, 0.15) is 24.9 Å². The predicted molar refractivity (Wildman–Crippen MR) is 94.8 cm³/mol. The summed E-state index contributed by atoms with van der Waals surface area (Å²) in [4.78, 5) is 0. The summed E-state index contributed by atoms with van der Waals surface area (Å²) in [5.74, 6) is 0.932. The second-order valence-corrected chi connectivity index (χ2v) is 6.63. The van der Waals surface area contributed by atoms with E-state index in [1.54, 1.807) is 0 Å². The number of ether oxygens (including phenoxy) is 1. The van der Waals surface area contributed by atoms with Crippen molar-refractivity contribution in [3.63, 3.8) is 0 Å². The summed E-state index contributed by atoms with van der Waals surface area (Å²) in [5, 5.41) is 3.52. The number of para-hydroxylation sites is 1. The third-order valence-electron chi connectivity index (χ3n) is 3.21. The van der Waals surface area contributed by atoms with Gasteiger partial charge in [-0.1, -0.05) is 56.1 Å². The first-order valence-electron chi connectivity index (χ1n) is 7.03. The van der Waals surface area contributed by atoms with Crippen LogP contribution in [0.5, 0.6) is 5.75 Å². The molecule has 0 aliphatic heterocycles. The van der Waals surface area contributed by atoms with Crippen LogP contribution >= 0.6 is 31.9 Å². The number of nitrogens with one attached hydrogen (secondary N) is 1. The molecule has 4 heteroatoms. The fourth-order valence-corrected chi connectivity index (χ4v) is 3.45. The van der Waals surface area contributed by atoms with Crippen LogP contribution in [0.4, 0.5) is 0 Å².